The van der Waals surface area contributed by atoms with E-state index < -0.39 is 0 Å². The summed E-state index contributed by atoms with van der Waals surface area (Å²) >= 11 is 0. The van der Waals surface area contributed by atoms with Gasteiger partial charge >= 0.3 is 0 Å². The number of likely N-dealkylation sites (N-methyl/N-ethyl adjacent to an activating group) is 1. The highest BCUT2D eigenvalue weighted by Crippen LogP contribution is 2.27. The fourth-order valence-electron chi connectivity index (χ4n) is 4.22. The molecule has 4 rings (SSSR count). The van der Waals surface area contributed by atoms with E-state index in [2.05, 4.69) is 61.5 Å². The van der Waals surface area contributed by atoms with Crippen molar-refractivity contribution in [2.75, 3.05) is 20.1 Å². The number of nitrogens with one attached hydrogen (secondary N) is 1. The molecule has 2 aliphatic rings. The van der Waals surface area contributed by atoms with Gasteiger partial charge in [0, 0.05) is 30.4 Å². The van der Waals surface area contributed by atoms with Gasteiger partial charge in [-0.25, -0.2) is 4.68 Å². The molecule has 1 aliphatic heterocycles. The maximum absolute atomic E-state index is 13.1. The van der Waals surface area contributed by atoms with E-state index in [0.717, 1.165) is 56.4 Å². The van der Waals surface area contributed by atoms with E-state index in [1.807, 2.05) is 4.68 Å². The first kappa shape index (κ1) is 18.9. The Hall–Kier alpha value is -2.40. The number of aryl methyl sites for hydroxylation is 1. The molecule has 5 heteroatoms. The lowest BCUT2D eigenvalue weighted by Crippen LogP contribution is -2.37. The van der Waals surface area contributed by atoms with Crippen LogP contribution in [0.5, 0.6) is 0 Å². The molecule has 1 aromatic heterocycles. The van der Waals surface area contributed by atoms with E-state index in [1.54, 1.807) is 0 Å². The number of carbonyl (C=O) groups is 1. The number of nitrogens with zero attached hydrogens (tertiary/aromatic N) is 3. The smallest absolute Gasteiger partial charge is 0.272 e. The minimum Gasteiger partial charge on any atom is -0.344 e. The van der Waals surface area contributed by atoms with Crippen molar-refractivity contribution in [3.63, 3.8) is 0 Å². The highest BCUT2D eigenvalue weighted by Gasteiger charge is 2.27. The van der Waals surface area contributed by atoms with Crippen LogP contribution in [-0.4, -0.2) is 46.8 Å². The average molecular weight is 379 g/mol. The monoisotopic (exact) mass is 378 g/mol. The summed E-state index contributed by atoms with van der Waals surface area (Å²) in [5.41, 5.74) is 6.52. The van der Waals surface area contributed by atoms with Crippen LogP contribution < -0.4 is 5.32 Å². The Balaban J connectivity index is 1.60. The molecule has 0 fully saturated rings. The molecule has 1 atom stereocenters. The van der Waals surface area contributed by atoms with E-state index in [4.69, 9.17) is 5.10 Å². The van der Waals surface area contributed by atoms with Gasteiger partial charge in [-0.05, 0) is 70.7 Å². The standard InChI is InChI=1S/C23H30N4O/c1-16-8-10-19(11-9-16)27-21-7-5-4-6-20(21)22(25-27)23(28)24-17(2)18-12-14-26(3)15-13-18/h8-12,17H,4-7,13-15H2,1-3H3,(H,24,28). The van der Waals surface area contributed by atoms with Gasteiger partial charge in [0.2, 0.25) is 0 Å². The van der Waals surface area contributed by atoms with E-state index in [9.17, 15) is 4.79 Å². The summed E-state index contributed by atoms with van der Waals surface area (Å²) in [4.78, 5) is 15.4. The summed E-state index contributed by atoms with van der Waals surface area (Å²) in [6.07, 6.45) is 7.45. The molecule has 28 heavy (non-hydrogen) atoms. The summed E-state index contributed by atoms with van der Waals surface area (Å²) < 4.78 is 1.99. The minimum absolute atomic E-state index is 0.0451. The van der Waals surface area contributed by atoms with Crippen molar-refractivity contribution in [1.29, 1.82) is 0 Å². The van der Waals surface area contributed by atoms with Crippen molar-refractivity contribution in [1.82, 2.24) is 20.0 Å². The molecule has 0 radical (unpaired) electrons. The second kappa shape index (κ2) is 7.92. The topological polar surface area (TPSA) is 50.2 Å². The Morgan fingerprint density at radius 1 is 1.14 bits per heavy atom. The molecular weight excluding hydrogens is 348 g/mol. The van der Waals surface area contributed by atoms with Crippen LogP contribution in [-0.2, 0) is 12.8 Å². The highest BCUT2D eigenvalue weighted by atomic mass is 16.2. The van der Waals surface area contributed by atoms with Crippen molar-refractivity contribution >= 4 is 5.91 Å². The molecule has 0 saturated carbocycles. The van der Waals surface area contributed by atoms with Gasteiger partial charge in [0.05, 0.1) is 5.69 Å². The van der Waals surface area contributed by atoms with E-state index >= 15 is 0 Å². The second-order valence-electron chi connectivity index (χ2n) is 8.21. The summed E-state index contributed by atoms with van der Waals surface area (Å²) in [6.45, 7) is 6.16. The third kappa shape index (κ3) is 3.76. The Kier molecular flexibility index (Phi) is 5.36. The summed E-state index contributed by atoms with van der Waals surface area (Å²) in [7, 11) is 2.13. The lowest BCUT2D eigenvalue weighted by Gasteiger charge is -2.26. The molecule has 2 heterocycles. The number of hydrogen-bond donors (Lipinski definition) is 1. The zero-order valence-electron chi connectivity index (χ0n) is 17.2. The van der Waals surface area contributed by atoms with Crippen LogP contribution in [0.15, 0.2) is 35.9 Å². The van der Waals surface area contributed by atoms with E-state index in [0.29, 0.717) is 5.69 Å². The largest absolute Gasteiger partial charge is 0.344 e. The lowest BCUT2D eigenvalue weighted by atomic mass is 9.95. The Morgan fingerprint density at radius 2 is 1.89 bits per heavy atom. The van der Waals surface area contributed by atoms with Gasteiger partial charge in [-0.15, -0.1) is 0 Å². The van der Waals surface area contributed by atoms with Crippen molar-refractivity contribution < 1.29 is 4.79 Å². The number of benzene rings is 1. The van der Waals surface area contributed by atoms with Gasteiger partial charge in [-0.2, -0.15) is 5.10 Å². The molecule has 1 unspecified atom stereocenters. The zero-order chi connectivity index (χ0) is 19.7. The van der Waals surface area contributed by atoms with Gasteiger partial charge in [0.25, 0.3) is 5.91 Å². The molecule has 2 aromatic rings. The summed E-state index contributed by atoms with van der Waals surface area (Å²) in [5.74, 6) is -0.0451. The third-order valence-corrected chi connectivity index (χ3v) is 6.02. The van der Waals surface area contributed by atoms with E-state index in [-0.39, 0.29) is 11.9 Å². The highest BCUT2D eigenvalue weighted by molar-refractivity contribution is 5.94. The van der Waals surface area contributed by atoms with Gasteiger partial charge in [0.1, 0.15) is 0 Å². The normalized spacial score (nSPS) is 18.3. The number of amides is 1. The Bertz CT molecular complexity index is 894. The zero-order valence-corrected chi connectivity index (χ0v) is 17.2. The summed E-state index contributed by atoms with van der Waals surface area (Å²) in [5, 5.41) is 7.98. The fraction of sp³-hybridized carbons (Fsp3) is 0.478. The fourth-order valence-corrected chi connectivity index (χ4v) is 4.22. The lowest BCUT2D eigenvalue weighted by molar-refractivity contribution is 0.0937. The quantitative estimate of drug-likeness (QED) is 0.829. The number of rotatable bonds is 4. The third-order valence-electron chi connectivity index (χ3n) is 6.02. The SMILES string of the molecule is Cc1ccc(-n2nc(C(=O)NC(C)C3=CCN(C)CC3)c3c2CCCC3)cc1. The second-order valence-corrected chi connectivity index (χ2v) is 8.21. The molecule has 1 aliphatic carbocycles. The number of fused-ring (bicyclic) bond motifs is 1. The van der Waals surface area contributed by atoms with Crippen molar-refractivity contribution in [3.05, 3.63) is 58.4 Å². The first-order valence-corrected chi connectivity index (χ1v) is 10.4. The van der Waals surface area contributed by atoms with Crippen LogP contribution in [0.25, 0.3) is 5.69 Å². The molecule has 0 spiro atoms. The van der Waals surface area contributed by atoms with E-state index in [1.165, 1.54) is 16.8 Å². The first-order valence-electron chi connectivity index (χ1n) is 10.4. The van der Waals surface area contributed by atoms with Crippen LogP contribution in [0, 0.1) is 6.92 Å². The first-order chi connectivity index (χ1) is 13.5. The molecular formula is C23H30N4O. The Labute approximate surface area is 167 Å². The maximum atomic E-state index is 13.1. The van der Waals surface area contributed by atoms with Crippen LogP contribution in [0.2, 0.25) is 0 Å². The molecule has 1 N–H and O–H groups in total. The molecule has 148 valence electrons. The van der Waals surface area contributed by atoms with Gasteiger partial charge < -0.3 is 10.2 Å². The van der Waals surface area contributed by atoms with Crippen LogP contribution in [0.1, 0.15) is 53.5 Å². The number of aromatic nitrogens is 2. The van der Waals surface area contributed by atoms with Crippen LogP contribution in [0.4, 0.5) is 0 Å². The molecule has 0 saturated heterocycles. The minimum atomic E-state index is -0.0451. The van der Waals surface area contributed by atoms with Crippen molar-refractivity contribution in [3.8, 4) is 5.69 Å². The van der Waals surface area contributed by atoms with Crippen LogP contribution >= 0.6 is 0 Å². The molecule has 0 bridgehead atoms. The Morgan fingerprint density at radius 3 is 2.61 bits per heavy atom. The molecule has 1 aromatic carbocycles. The van der Waals surface area contributed by atoms with Crippen LogP contribution in [0.3, 0.4) is 0 Å². The van der Waals surface area contributed by atoms with Gasteiger partial charge in [-0.3, -0.25) is 4.79 Å². The maximum Gasteiger partial charge on any atom is 0.272 e. The number of hydrogen-bond acceptors (Lipinski definition) is 3. The molecule has 5 nitrogen and oxygen atoms in total. The average Bonchev–Trinajstić information content (AvgIpc) is 3.09. The predicted molar refractivity (Wildman–Crippen MR) is 112 cm³/mol. The predicted octanol–water partition coefficient (Wildman–Crippen LogP) is 3.44. The van der Waals surface area contributed by atoms with Crippen molar-refractivity contribution in [2.24, 2.45) is 0 Å². The molecule has 1 amide bonds. The summed E-state index contributed by atoms with van der Waals surface area (Å²) in [6, 6.07) is 8.42. The number of carbonyl (C=O) groups excluding carboxylic acids is 1. The van der Waals surface area contributed by atoms with Crippen molar-refractivity contribution in [2.45, 2.75) is 52.0 Å². The van der Waals surface area contributed by atoms with Gasteiger partial charge in [0.15, 0.2) is 5.69 Å². The van der Waals surface area contributed by atoms with Gasteiger partial charge in [-0.1, -0.05) is 23.8 Å².